The summed E-state index contributed by atoms with van der Waals surface area (Å²) >= 11 is 11.7. The highest BCUT2D eigenvalue weighted by Crippen LogP contribution is 2.32. The topological polar surface area (TPSA) is 68.5 Å². The van der Waals surface area contributed by atoms with Gasteiger partial charge < -0.3 is 14.4 Å². The summed E-state index contributed by atoms with van der Waals surface area (Å²) in [5, 5.41) is 9.45. The van der Waals surface area contributed by atoms with Gasteiger partial charge in [-0.1, -0.05) is 29.3 Å². The molecular weight excluding hydrogens is 317 g/mol. The van der Waals surface area contributed by atoms with Gasteiger partial charge in [-0.15, -0.1) is 0 Å². The van der Waals surface area contributed by atoms with Crippen LogP contribution in [0, 0.1) is 0 Å². The number of hydrogen-bond acceptors (Lipinski definition) is 3. The molecule has 2 aromatic rings. The normalized spacial score (nSPS) is 10.4. The second-order valence-electron chi connectivity index (χ2n) is 4.15. The van der Waals surface area contributed by atoms with Gasteiger partial charge in [-0.2, -0.15) is 0 Å². The number of hydrogen-bond donors (Lipinski definition) is 1. The zero-order valence-electron chi connectivity index (χ0n) is 10.8. The Kier molecular flexibility index (Phi) is 4.88. The van der Waals surface area contributed by atoms with Crippen LogP contribution in [0.3, 0.4) is 0 Å². The van der Waals surface area contributed by atoms with Crippen molar-refractivity contribution in [1.29, 1.82) is 0 Å². The Labute approximate surface area is 130 Å². The maximum atomic E-state index is 11.5. The Balaban J connectivity index is 2.15. The number of carboxylic acid groups (broad SMARTS) is 1. The van der Waals surface area contributed by atoms with Crippen LogP contribution in [-0.2, 0) is 6.54 Å². The predicted octanol–water partition coefficient (Wildman–Crippen LogP) is 2.93. The van der Waals surface area contributed by atoms with Crippen LogP contribution >= 0.6 is 23.2 Å². The summed E-state index contributed by atoms with van der Waals surface area (Å²) in [7, 11) is 0. The van der Waals surface area contributed by atoms with Crippen molar-refractivity contribution in [2.75, 3.05) is 6.61 Å². The van der Waals surface area contributed by atoms with Gasteiger partial charge in [0.25, 0.3) is 5.56 Å². The first-order chi connectivity index (χ1) is 9.99. The SMILES string of the molecule is O=C(O)c1cc(Cl)cc(Cl)c1OCCn1ccccc1=O. The average molecular weight is 328 g/mol. The second kappa shape index (κ2) is 6.65. The standard InChI is InChI=1S/C14H11Cl2NO4/c15-9-7-10(14(19)20)13(11(16)8-9)21-6-5-17-4-2-1-3-12(17)18/h1-4,7-8H,5-6H2,(H,19,20). The molecule has 0 spiro atoms. The van der Waals surface area contributed by atoms with Crippen LogP contribution in [0.25, 0.3) is 0 Å². The summed E-state index contributed by atoms with van der Waals surface area (Å²) in [4.78, 5) is 22.7. The molecule has 0 unspecified atom stereocenters. The summed E-state index contributed by atoms with van der Waals surface area (Å²) in [5.41, 5.74) is -0.283. The van der Waals surface area contributed by atoms with Crippen LogP contribution in [-0.4, -0.2) is 22.2 Å². The van der Waals surface area contributed by atoms with E-state index in [1.165, 1.54) is 22.8 Å². The molecule has 21 heavy (non-hydrogen) atoms. The van der Waals surface area contributed by atoms with Crippen molar-refractivity contribution in [2.24, 2.45) is 0 Å². The van der Waals surface area contributed by atoms with Crippen molar-refractivity contribution in [1.82, 2.24) is 4.57 Å². The summed E-state index contributed by atoms with van der Waals surface area (Å²) in [6.07, 6.45) is 1.62. The van der Waals surface area contributed by atoms with E-state index in [1.54, 1.807) is 18.3 Å². The predicted molar refractivity (Wildman–Crippen MR) is 79.6 cm³/mol. The number of benzene rings is 1. The van der Waals surface area contributed by atoms with E-state index < -0.39 is 5.97 Å². The molecule has 0 aliphatic carbocycles. The van der Waals surface area contributed by atoms with E-state index in [4.69, 9.17) is 33.0 Å². The van der Waals surface area contributed by atoms with Crippen LogP contribution in [0.2, 0.25) is 10.0 Å². The van der Waals surface area contributed by atoms with Crippen molar-refractivity contribution in [3.05, 3.63) is 62.5 Å². The van der Waals surface area contributed by atoms with Gasteiger partial charge >= 0.3 is 5.97 Å². The first-order valence-corrected chi connectivity index (χ1v) is 6.75. The number of rotatable bonds is 5. The van der Waals surface area contributed by atoms with E-state index in [0.717, 1.165) is 0 Å². The molecule has 1 heterocycles. The van der Waals surface area contributed by atoms with Gasteiger partial charge in [0.1, 0.15) is 12.2 Å². The highest BCUT2D eigenvalue weighted by atomic mass is 35.5. The fourth-order valence-corrected chi connectivity index (χ4v) is 2.31. The maximum Gasteiger partial charge on any atom is 0.339 e. The number of nitrogens with zero attached hydrogens (tertiary/aromatic N) is 1. The molecule has 0 saturated heterocycles. The molecule has 1 aromatic carbocycles. The summed E-state index contributed by atoms with van der Waals surface area (Å²) in [6.45, 7) is 0.378. The van der Waals surface area contributed by atoms with Gasteiger partial charge in [-0.25, -0.2) is 4.79 Å². The zero-order chi connectivity index (χ0) is 15.4. The minimum absolute atomic E-state index is 0.0394. The molecule has 0 bridgehead atoms. The number of aromatic carboxylic acids is 1. The van der Waals surface area contributed by atoms with Gasteiger partial charge in [0.15, 0.2) is 5.75 Å². The van der Waals surface area contributed by atoms with Crippen molar-refractivity contribution in [2.45, 2.75) is 6.54 Å². The van der Waals surface area contributed by atoms with Crippen molar-refractivity contribution >= 4 is 29.2 Å². The Bertz CT molecular complexity index is 727. The van der Waals surface area contributed by atoms with Gasteiger partial charge in [-0.3, -0.25) is 4.79 Å². The molecule has 0 atom stereocenters. The number of carbonyl (C=O) groups is 1. The minimum atomic E-state index is -1.19. The number of ether oxygens (including phenoxy) is 1. The van der Waals surface area contributed by atoms with Crippen molar-refractivity contribution in [3.63, 3.8) is 0 Å². The molecule has 110 valence electrons. The van der Waals surface area contributed by atoms with Gasteiger partial charge in [0.2, 0.25) is 0 Å². The Morgan fingerprint density at radius 3 is 2.71 bits per heavy atom. The lowest BCUT2D eigenvalue weighted by atomic mass is 10.2. The molecule has 2 rings (SSSR count). The summed E-state index contributed by atoms with van der Waals surface area (Å²) < 4.78 is 6.86. The van der Waals surface area contributed by atoms with Crippen LogP contribution in [0.4, 0.5) is 0 Å². The second-order valence-corrected chi connectivity index (χ2v) is 4.99. The molecule has 0 fully saturated rings. The molecule has 0 aliphatic heterocycles. The first-order valence-electron chi connectivity index (χ1n) is 5.99. The van der Waals surface area contributed by atoms with E-state index in [1.807, 2.05) is 0 Å². The smallest absolute Gasteiger partial charge is 0.339 e. The van der Waals surface area contributed by atoms with E-state index in [9.17, 15) is 9.59 Å². The van der Waals surface area contributed by atoms with Crippen LogP contribution in [0.5, 0.6) is 5.75 Å². The van der Waals surface area contributed by atoms with Crippen LogP contribution in [0.1, 0.15) is 10.4 Å². The zero-order valence-corrected chi connectivity index (χ0v) is 12.3. The Hall–Kier alpha value is -1.98. The Morgan fingerprint density at radius 1 is 1.29 bits per heavy atom. The van der Waals surface area contributed by atoms with Gasteiger partial charge in [0, 0.05) is 17.3 Å². The number of aromatic nitrogens is 1. The van der Waals surface area contributed by atoms with E-state index in [0.29, 0.717) is 0 Å². The minimum Gasteiger partial charge on any atom is -0.489 e. The van der Waals surface area contributed by atoms with Crippen molar-refractivity contribution in [3.8, 4) is 5.75 Å². The van der Waals surface area contributed by atoms with E-state index in [2.05, 4.69) is 0 Å². The molecule has 7 heteroatoms. The molecule has 0 saturated carbocycles. The summed E-state index contributed by atoms with van der Waals surface area (Å²) in [6, 6.07) is 7.45. The average Bonchev–Trinajstić information content (AvgIpc) is 2.42. The molecule has 0 aliphatic rings. The molecule has 0 amide bonds. The molecule has 1 N–H and O–H groups in total. The van der Waals surface area contributed by atoms with Crippen molar-refractivity contribution < 1.29 is 14.6 Å². The monoisotopic (exact) mass is 327 g/mol. The number of carboxylic acids is 1. The maximum absolute atomic E-state index is 11.5. The molecule has 5 nitrogen and oxygen atoms in total. The van der Waals surface area contributed by atoms with E-state index >= 15 is 0 Å². The highest BCUT2D eigenvalue weighted by Gasteiger charge is 2.16. The fourth-order valence-electron chi connectivity index (χ4n) is 1.76. The first kappa shape index (κ1) is 15.4. The van der Waals surface area contributed by atoms with Crippen LogP contribution < -0.4 is 10.3 Å². The van der Waals surface area contributed by atoms with E-state index in [-0.39, 0.29) is 40.1 Å². The molecular formula is C14H11Cl2NO4. The number of halogens is 2. The highest BCUT2D eigenvalue weighted by molar-refractivity contribution is 6.36. The van der Waals surface area contributed by atoms with Crippen LogP contribution in [0.15, 0.2) is 41.3 Å². The lowest BCUT2D eigenvalue weighted by molar-refractivity contribution is 0.0692. The largest absolute Gasteiger partial charge is 0.489 e. The van der Waals surface area contributed by atoms with Gasteiger partial charge in [0.05, 0.1) is 11.6 Å². The third-order valence-corrected chi connectivity index (χ3v) is 3.22. The van der Waals surface area contributed by atoms with Gasteiger partial charge in [-0.05, 0) is 18.2 Å². The fraction of sp³-hybridized carbons (Fsp3) is 0.143. The molecule has 1 aromatic heterocycles. The lowest BCUT2D eigenvalue weighted by Crippen LogP contribution is -2.21. The Morgan fingerprint density at radius 2 is 2.05 bits per heavy atom. The lowest BCUT2D eigenvalue weighted by Gasteiger charge is -2.12. The third kappa shape index (κ3) is 3.77. The quantitative estimate of drug-likeness (QED) is 0.916. The number of pyridine rings is 1. The molecule has 0 radical (unpaired) electrons. The summed E-state index contributed by atoms with van der Waals surface area (Å²) in [5.74, 6) is -1.15. The third-order valence-electron chi connectivity index (χ3n) is 2.72.